The summed E-state index contributed by atoms with van der Waals surface area (Å²) in [5, 5.41) is 12.9. The van der Waals surface area contributed by atoms with E-state index in [9.17, 15) is 9.59 Å². The van der Waals surface area contributed by atoms with E-state index in [-0.39, 0.29) is 11.1 Å². The summed E-state index contributed by atoms with van der Waals surface area (Å²) in [6, 6.07) is 9.24. The lowest BCUT2D eigenvalue weighted by Gasteiger charge is -2.13. The number of hydrogen-bond donors (Lipinski definition) is 1. The van der Waals surface area contributed by atoms with E-state index in [1.165, 1.54) is 12.1 Å². The van der Waals surface area contributed by atoms with Crippen molar-refractivity contribution in [3.05, 3.63) is 63.6 Å². The van der Waals surface area contributed by atoms with Crippen LogP contribution in [-0.4, -0.2) is 20.9 Å². The summed E-state index contributed by atoms with van der Waals surface area (Å²) in [4.78, 5) is 22.5. The van der Waals surface area contributed by atoms with Gasteiger partial charge in [0, 0.05) is 17.8 Å². The Bertz CT molecular complexity index is 760. The van der Waals surface area contributed by atoms with Gasteiger partial charge in [-0.3, -0.25) is 4.79 Å². The van der Waals surface area contributed by atoms with E-state index in [1.807, 2.05) is 31.2 Å². The molecule has 0 spiro atoms. The smallest absolute Gasteiger partial charge is 0.328 e. The molecular formula is C16H16N2O3. The van der Waals surface area contributed by atoms with Gasteiger partial charge in [0.2, 0.25) is 5.43 Å². The van der Waals surface area contributed by atoms with E-state index in [1.54, 1.807) is 11.6 Å². The van der Waals surface area contributed by atoms with Crippen LogP contribution in [0.4, 0.5) is 0 Å². The van der Waals surface area contributed by atoms with E-state index >= 15 is 0 Å². The van der Waals surface area contributed by atoms with E-state index in [2.05, 4.69) is 5.10 Å². The SMILES string of the molecule is CCc1ccccc1-n1nc(/C=C/C(=O)O)c(=O)cc1C. The van der Waals surface area contributed by atoms with Crippen LogP contribution in [0.25, 0.3) is 11.8 Å². The molecule has 1 N–H and O–H groups in total. The minimum absolute atomic E-state index is 0.105. The van der Waals surface area contributed by atoms with Crippen LogP contribution in [0.5, 0.6) is 0 Å². The highest BCUT2D eigenvalue weighted by molar-refractivity contribution is 5.84. The van der Waals surface area contributed by atoms with Crippen LogP contribution in [0.3, 0.4) is 0 Å². The van der Waals surface area contributed by atoms with Crippen LogP contribution in [0.2, 0.25) is 0 Å². The Labute approximate surface area is 122 Å². The highest BCUT2D eigenvalue weighted by Crippen LogP contribution is 2.15. The van der Waals surface area contributed by atoms with Crippen molar-refractivity contribution in [2.45, 2.75) is 20.3 Å². The monoisotopic (exact) mass is 284 g/mol. The van der Waals surface area contributed by atoms with Crippen molar-refractivity contribution in [1.29, 1.82) is 0 Å². The first kappa shape index (κ1) is 14.7. The fourth-order valence-electron chi connectivity index (χ4n) is 2.09. The van der Waals surface area contributed by atoms with Gasteiger partial charge in [0.1, 0.15) is 5.69 Å². The molecule has 1 heterocycles. The lowest BCUT2D eigenvalue weighted by molar-refractivity contribution is -0.131. The van der Waals surface area contributed by atoms with Gasteiger partial charge in [-0.25, -0.2) is 9.48 Å². The zero-order valence-electron chi connectivity index (χ0n) is 11.9. The molecule has 5 nitrogen and oxygen atoms in total. The van der Waals surface area contributed by atoms with Gasteiger partial charge in [-0.2, -0.15) is 5.10 Å². The predicted octanol–water partition coefficient (Wildman–Crippen LogP) is 2.20. The number of nitrogens with zero attached hydrogens (tertiary/aromatic N) is 2. The normalized spacial score (nSPS) is 11.0. The number of rotatable bonds is 4. The first-order valence-corrected chi connectivity index (χ1v) is 6.63. The zero-order chi connectivity index (χ0) is 15.4. The van der Waals surface area contributed by atoms with Gasteiger partial charge >= 0.3 is 5.97 Å². The van der Waals surface area contributed by atoms with Crippen molar-refractivity contribution in [1.82, 2.24) is 9.78 Å². The molecule has 0 fully saturated rings. The number of carboxylic acids is 1. The van der Waals surface area contributed by atoms with Crippen LogP contribution in [-0.2, 0) is 11.2 Å². The van der Waals surface area contributed by atoms with E-state index in [0.717, 1.165) is 23.7 Å². The molecular weight excluding hydrogens is 268 g/mol. The molecule has 0 saturated heterocycles. The van der Waals surface area contributed by atoms with Crippen molar-refractivity contribution in [3.8, 4) is 5.69 Å². The average Bonchev–Trinajstić information content (AvgIpc) is 2.46. The van der Waals surface area contributed by atoms with E-state index in [4.69, 9.17) is 5.11 Å². The van der Waals surface area contributed by atoms with Crippen molar-refractivity contribution in [2.24, 2.45) is 0 Å². The first-order valence-electron chi connectivity index (χ1n) is 6.63. The van der Waals surface area contributed by atoms with Crippen molar-refractivity contribution in [2.75, 3.05) is 0 Å². The number of carbonyl (C=O) groups is 1. The van der Waals surface area contributed by atoms with Crippen LogP contribution in [0.1, 0.15) is 23.9 Å². The van der Waals surface area contributed by atoms with Crippen LogP contribution in [0.15, 0.2) is 41.2 Å². The molecule has 2 aromatic rings. The maximum atomic E-state index is 11.9. The number of aromatic nitrogens is 2. The summed E-state index contributed by atoms with van der Waals surface area (Å²) in [5.41, 5.74) is 2.50. The maximum absolute atomic E-state index is 11.9. The van der Waals surface area contributed by atoms with Gasteiger partial charge in [-0.15, -0.1) is 0 Å². The van der Waals surface area contributed by atoms with Crippen molar-refractivity contribution in [3.63, 3.8) is 0 Å². The van der Waals surface area contributed by atoms with Gasteiger partial charge in [0.05, 0.1) is 5.69 Å². The maximum Gasteiger partial charge on any atom is 0.328 e. The number of para-hydroxylation sites is 1. The van der Waals surface area contributed by atoms with Gasteiger partial charge in [0.25, 0.3) is 0 Å². The lowest BCUT2D eigenvalue weighted by atomic mass is 10.1. The second kappa shape index (κ2) is 6.17. The van der Waals surface area contributed by atoms with E-state index < -0.39 is 5.97 Å². The molecule has 2 rings (SSSR count). The summed E-state index contributed by atoms with van der Waals surface area (Å²) in [7, 11) is 0. The van der Waals surface area contributed by atoms with E-state index in [0.29, 0.717) is 5.69 Å². The fraction of sp³-hybridized carbons (Fsp3) is 0.188. The highest BCUT2D eigenvalue weighted by Gasteiger charge is 2.08. The van der Waals surface area contributed by atoms with Gasteiger partial charge in [0.15, 0.2) is 0 Å². The average molecular weight is 284 g/mol. The molecule has 0 aliphatic carbocycles. The number of aliphatic carboxylic acids is 1. The lowest BCUT2D eigenvalue weighted by Crippen LogP contribution is -2.17. The number of carboxylic acid groups (broad SMARTS) is 1. The van der Waals surface area contributed by atoms with Crippen LogP contribution in [0, 0.1) is 6.92 Å². The Morgan fingerprint density at radius 3 is 2.76 bits per heavy atom. The van der Waals surface area contributed by atoms with Gasteiger partial charge in [-0.05, 0) is 31.1 Å². The largest absolute Gasteiger partial charge is 0.478 e. The molecule has 5 heteroatoms. The standard InChI is InChI=1S/C16H16N2O3/c1-3-12-6-4-5-7-14(12)18-11(2)10-15(19)13(17-18)8-9-16(20)21/h4-10H,3H2,1-2H3,(H,20,21)/b9-8+. The number of hydrogen-bond acceptors (Lipinski definition) is 3. The van der Waals surface area contributed by atoms with Gasteiger partial charge in [-0.1, -0.05) is 25.1 Å². The third-order valence-electron chi connectivity index (χ3n) is 3.12. The fourth-order valence-corrected chi connectivity index (χ4v) is 2.09. The topological polar surface area (TPSA) is 72.2 Å². The molecule has 0 amide bonds. The second-order valence-corrected chi connectivity index (χ2v) is 4.60. The molecule has 21 heavy (non-hydrogen) atoms. The molecule has 1 aromatic carbocycles. The van der Waals surface area contributed by atoms with Crippen LogP contribution >= 0.6 is 0 Å². The Morgan fingerprint density at radius 1 is 1.38 bits per heavy atom. The Kier molecular flexibility index (Phi) is 4.33. The Balaban J connectivity index is 2.61. The zero-order valence-corrected chi connectivity index (χ0v) is 11.9. The quantitative estimate of drug-likeness (QED) is 0.874. The summed E-state index contributed by atoms with van der Waals surface area (Å²) in [5.74, 6) is -1.11. The number of aryl methyl sites for hydroxylation is 2. The van der Waals surface area contributed by atoms with Crippen molar-refractivity contribution < 1.29 is 9.90 Å². The molecule has 108 valence electrons. The molecule has 0 aliphatic rings. The summed E-state index contributed by atoms with van der Waals surface area (Å²) < 4.78 is 1.67. The Morgan fingerprint density at radius 2 is 2.10 bits per heavy atom. The molecule has 0 unspecified atom stereocenters. The number of benzene rings is 1. The van der Waals surface area contributed by atoms with Crippen molar-refractivity contribution >= 4 is 12.0 Å². The third-order valence-corrected chi connectivity index (χ3v) is 3.12. The molecule has 0 saturated carbocycles. The second-order valence-electron chi connectivity index (χ2n) is 4.60. The summed E-state index contributed by atoms with van der Waals surface area (Å²) in [6.07, 6.45) is 2.97. The summed E-state index contributed by atoms with van der Waals surface area (Å²) >= 11 is 0. The minimum Gasteiger partial charge on any atom is -0.478 e. The molecule has 0 radical (unpaired) electrons. The predicted molar refractivity (Wildman–Crippen MR) is 80.6 cm³/mol. The minimum atomic E-state index is -1.11. The molecule has 0 aliphatic heterocycles. The van der Waals surface area contributed by atoms with Gasteiger partial charge < -0.3 is 5.11 Å². The Hall–Kier alpha value is -2.69. The molecule has 0 atom stereocenters. The summed E-state index contributed by atoms with van der Waals surface area (Å²) in [6.45, 7) is 3.84. The van der Waals surface area contributed by atoms with Crippen LogP contribution < -0.4 is 5.43 Å². The first-order chi connectivity index (χ1) is 10.0. The molecule has 1 aromatic heterocycles. The highest BCUT2D eigenvalue weighted by atomic mass is 16.4. The molecule has 0 bridgehead atoms. The third kappa shape index (κ3) is 3.25.